The van der Waals surface area contributed by atoms with Crippen LogP contribution in [0.4, 0.5) is 4.39 Å². The second kappa shape index (κ2) is 7.69. The van der Waals surface area contributed by atoms with Crippen molar-refractivity contribution in [1.29, 1.82) is 0 Å². The molecule has 0 aromatic heterocycles. The fourth-order valence-corrected chi connectivity index (χ4v) is 2.56. The van der Waals surface area contributed by atoms with E-state index in [2.05, 4.69) is 0 Å². The number of rotatable bonds is 7. The van der Waals surface area contributed by atoms with Crippen molar-refractivity contribution >= 4 is 17.7 Å². The van der Waals surface area contributed by atoms with E-state index in [1.165, 1.54) is 18.2 Å². The monoisotopic (exact) mass is 306 g/mol. The van der Waals surface area contributed by atoms with Crippen LogP contribution in [-0.4, -0.2) is 23.4 Å². The molecule has 3 nitrogen and oxygen atoms in total. The lowest BCUT2D eigenvalue weighted by Gasteiger charge is -2.08. The van der Waals surface area contributed by atoms with Crippen LogP contribution in [0.2, 0.25) is 0 Å². The minimum Gasteiger partial charge on any atom is -0.493 e. The molecule has 0 saturated heterocycles. The van der Waals surface area contributed by atoms with Crippen LogP contribution in [0.15, 0.2) is 53.4 Å². The van der Waals surface area contributed by atoms with Crippen LogP contribution >= 0.6 is 11.8 Å². The number of carboxylic acid groups (broad SMARTS) is 1. The molecule has 0 bridgehead atoms. The number of carboxylic acids is 1. The van der Waals surface area contributed by atoms with E-state index < -0.39 is 5.97 Å². The molecule has 0 aliphatic carbocycles. The molecule has 0 saturated carbocycles. The highest BCUT2D eigenvalue weighted by Gasteiger charge is 2.09. The van der Waals surface area contributed by atoms with Crippen LogP contribution in [0, 0.1) is 5.82 Å². The van der Waals surface area contributed by atoms with Crippen molar-refractivity contribution in [2.75, 3.05) is 12.4 Å². The van der Waals surface area contributed by atoms with Gasteiger partial charge in [0.15, 0.2) is 0 Å². The number of hydrogen-bond acceptors (Lipinski definition) is 3. The molecule has 0 heterocycles. The Morgan fingerprint density at radius 1 is 1.14 bits per heavy atom. The summed E-state index contributed by atoms with van der Waals surface area (Å²) in [5.41, 5.74) is 0.170. The molecule has 0 unspecified atom stereocenters. The van der Waals surface area contributed by atoms with Gasteiger partial charge in [0.05, 0.1) is 6.61 Å². The van der Waals surface area contributed by atoms with Crippen molar-refractivity contribution in [2.24, 2.45) is 0 Å². The van der Waals surface area contributed by atoms with Crippen molar-refractivity contribution in [1.82, 2.24) is 0 Å². The first kappa shape index (κ1) is 15.4. The first-order valence-corrected chi connectivity index (χ1v) is 7.49. The normalized spacial score (nSPS) is 10.3. The van der Waals surface area contributed by atoms with Gasteiger partial charge in [-0.1, -0.05) is 12.1 Å². The predicted octanol–water partition coefficient (Wildman–Crippen LogP) is 4.09. The average molecular weight is 306 g/mol. The number of para-hydroxylation sites is 1. The number of thioether (sulfide) groups is 1. The molecule has 0 aliphatic heterocycles. The van der Waals surface area contributed by atoms with Gasteiger partial charge in [-0.15, -0.1) is 11.8 Å². The van der Waals surface area contributed by atoms with Gasteiger partial charge in [0.2, 0.25) is 0 Å². The summed E-state index contributed by atoms with van der Waals surface area (Å²) in [6.07, 6.45) is 0.774. The quantitative estimate of drug-likeness (QED) is 0.618. The number of halogens is 1. The lowest BCUT2D eigenvalue weighted by Crippen LogP contribution is -2.04. The van der Waals surface area contributed by atoms with Gasteiger partial charge in [-0.2, -0.15) is 0 Å². The number of aromatic carboxylic acids is 1. The number of carbonyl (C=O) groups is 1. The summed E-state index contributed by atoms with van der Waals surface area (Å²) in [5, 5.41) is 9.02. The van der Waals surface area contributed by atoms with Crippen LogP contribution in [-0.2, 0) is 0 Å². The van der Waals surface area contributed by atoms with Gasteiger partial charge in [-0.05, 0) is 42.8 Å². The zero-order valence-corrected chi connectivity index (χ0v) is 12.1. The Hall–Kier alpha value is -2.01. The van der Waals surface area contributed by atoms with Gasteiger partial charge in [0.25, 0.3) is 0 Å². The highest BCUT2D eigenvalue weighted by molar-refractivity contribution is 7.99. The van der Waals surface area contributed by atoms with Crippen LogP contribution in [0.25, 0.3) is 0 Å². The minimum absolute atomic E-state index is 0.170. The lowest BCUT2D eigenvalue weighted by molar-refractivity contribution is 0.0692. The smallest absolute Gasteiger partial charge is 0.339 e. The van der Waals surface area contributed by atoms with E-state index in [1.807, 2.05) is 0 Å². The molecule has 2 rings (SSSR count). The maximum absolute atomic E-state index is 12.7. The van der Waals surface area contributed by atoms with Crippen molar-refractivity contribution in [3.8, 4) is 5.75 Å². The van der Waals surface area contributed by atoms with Gasteiger partial charge < -0.3 is 9.84 Å². The molecule has 0 amide bonds. The molecule has 1 N–H and O–H groups in total. The molecule has 5 heteroatoms. The second-order valence-electron chi connectivity index (χ2n) is 4.31. The fraction of sp³-hybridized carbons (Fsp3) is 0.188. The Bertz CT molecular complexity index is 599. The Morgan fingerprint density at radius 2 is 1.86 bits per heavy atom. The van der Waals surface area contributed by atoms with Crippen LogP contribution in [0.5, 0.6) is 5.75 Å². The van der Waals surface area contributed by atoms with E-state index in [4.69, 9.17) is 9.84 Å². The lowest BCUT2D eigenvalue weighted by atomic mass is 10.2. The largest absolute Gasteiger partial charge is 0.493 e. The number of ether oxygens (including phenoxy) is 1. The summed E-state index contributed by atoms with van der Waals surface area (Å²) in [6, 6.07) is 12.9. The summed E-state index contributed by atoms with van der Waals surface area (Å²) in [7, 11) is 0. The van der Waals surface area contributed by atoms with E-state index in [1.54, 1.807) is 42.1 Å². The number of benzene rings is 2. The SMILES string of the molecule is O=C(O)c1ccccc1OCCCSc1ccc(F)cc1. The molecular formula is C16H15FO3S. The van der Waals surface area contributed by atoms with Crippen molar-refractivity contribution in [3.63, 3.8) is 0 Å². The zero-order chi connectivity index (χ0) is 15.1. The summed E-state index contributed by atoms with van der Waals surface area (Å²) >= 11 is 1.61. The minimum atomic E-state index is -0.994. The topological polar surface area (TPSA) is 46.5 Å². The predicted molar refractivity (Wildman–Crippen MR) is 80.6 cm³/mol. The van der Waals surface area contributed by atoms with Crippen LogP contribution < -0.4 is 4.74 Å². The van der Waals surface area contributed by atoms with Crippen molar-refractivity contribution in [3.05, 3.63) is 59.9 Å². The zero-order valence-electron chi connectivity index (χ0n) is 11.3. The van der Waals surface area contributed by atoms with Gasteiger partial charge in [0.1, 0.15) is 17.1 Å². The van der Waals surface area contributed by atoms with Crippen LogP contribution in [0.3, 0.4) is 0 Å². The molecular weight excluding hydrogens is 291 g/mol. The molecule has 0 aliphatic rings. The molecule has 110 valence electrons. The summed E-state index contributed by atoms with van der Waals surface area (Å²) in [4.78, 5) is 12.0. The Labute approximate surface area is 126 Å². The first-order chi connectivity index (χ1) is 10.2. The second-order valence-corrected chi connectivity index (χ2v) is 5.47. The third-order valence-corrected chi connectivity index (χ3v) is 3.84. The van der Waals surface area contributed by atoms with Crippen molar-refractivity contribution < 1.29 is 19.0 Å². The van der Waals surface area contributed by atoms with Gasteiger partial charge >= 0.3 is 5.97 Å². The molecule has 0 spiro atoms. The third kappa shape index (κ3) is 4.79. The van der Waals surface area contributed by atoms with Gasteiger partial charge in [0, 0.05) is 10.6 Å². The Morgan fingerprint density at radius 3 is 2.57 bits per heavy atom. The maximum Gasteiger partial charge on any atom is 0.339 e. The summed E-state index contributed by atoms with van der Waals surface area (Å²) in [6.45, 7) is 0.443. The van der Waals surface area contributed by atoms with E-state index >= 15 is 0 Å². The molecule has 2 aromatic carbocycles. The molecule has 21 heavy (non-hydrogen) atoms. The molecule has 0 radical (unpaired) electrons. The first-order valence-electron chi connectivity index (χ1n) is 6.50. The Kier molecular flexibility index (Phi) is 5.63. The summed E-state index contributed by atoms with van der Waals surface area (Å²) < 4.78 is 18.2. The summed E-state index contributed by atoms with van der Waals surface area (Å²) in [5.74, 6) is -0.0306. The average Bonchev–Trinajstić information content (AvgIpc) is 2.49. The van der Waals surface area contributed by atoms with Gasteiger partial charge in [-0.25, -0.2) is 9.18 Å². The molecule has 0 atom stereocenters. The van der Waals surface area contributed by atoms with Crippen molar-refractivity contribution in [2.45, 2.75) is 11.3 Å². The fourth-order valence-electron chi connectivity index (χ4n) is 1.73. The highest BCUT2D eigenvalue weighted by Crippen LogP contribution is 2.20. The number of hydrogen-bond donors (Lipinski definition) is 1. The van der Waals surface area contributed by atoms with E-state index in [9.17, 15) is 9.18 Å². The third-order valence-electron chi connectivity index (χ3n) is 2.75. The van der Waals surface area contributed by atoms with E-state index in [-0.39, 0.29) is 11.4 Å². The molecule has 2 aromatic rings. The molecule has 0 fully saturated rings. The van der Waals surface area contributed by atoms with Gasteiger partial charge in [-0.3, -0.25) is 0 Å². The van der Waals surface area contributed by atoms with E-state index in [0.717, 1.165) is 17.1 Å². The standard InChI is InChI=1S/C16H15FO3S/c17-12-6-8-13(9-7-12)21-11-3-10-20-15-5-2-1-4-14(15)16(18)19/h1-2,4-9H,3,10-11H2,(H,18,19). The Balaban J connectivity index is 1.75. The van der Waals surface area contributed by atoms with Crippen LogP contribution in [0.1, 0.15) is 16.8 Å². The highest BCUT2D eigenvalue weighted by atomic mass is 32.2. The maximum atomic E-state index is 12.7. The van der Waals surface area contributed by atoms with E-state index in [0.29, 0.717) is 12.4 Å².